The van der Waals surface area contributed by atoms with Gasteiger partial charge in [-0.25, -0.2) is 0 Å². The highest BCUT2D eigenvalue weighted by Crippen LogP contribution is 2.19. The average Bonchev–Trinajstić information content (AvgIpc) is 2.72. The van der Waals surface area contributed by atoms with Crippen LogP contribution in [0.1, 0.15) is 52.0 Å². The Morgan fingerprint density at radius 3 is 2.57 bits per heavy atom. The molecule has 1 fully saturated rings. The van der Waals surface area contributed by atoms with Gasteiger partial charge in [-0.1, -0.05) is 44.2 Å². The Bertz CT molecular complexity index is 555. The van der Waals surface area contributed by atoms with Crippen LogP contribution >= 0.6 is 0 Å². The molecule has 158 valence electrons. The maximum Gasteiger partial charge on any atom is 0.191 e. The van der Waals surface area contributed by atoms with Crippen molar-refractivity contribution in [2.24, 2.45) is 4.99 Å². The van der Waals surface area contributed by atoms with Gasteiger partial charge < -0.3 is 15.5 Å². The van der Waals surface area contributed by atoms with Gasteiger partial charge in [0.25, 0.3) is 0 Å². The van der Waals surface area contributed by atoms with Crippen molar-refractivity contribution in [3.8, 4) is 0 Å². The van der Waals surface area contributed by atoms with E-state index in [4.69, 9.17) is 0 Å². The Morgan fingerprint density at radius 1 is 1.18 bits per heavy atom. The molecule has 0 spiro atoms. The summed E-state index contributed by atoms with van der Waals surface area (Å²) < 4.78 is 0. The van der Waals surface area contributed by atoms with E-state index in [1.807, 2.05) is 7.05 Å². The normalized spacial score (nSPS) is 21.1. The summed E-state index contributed by atoms with van der Waals surface area (Å²) in [6, 6.07) is 11.9. The first-order valence-electron chi connectivity index (χ1n) is 11.1. The van der Waals surface area contributed by atoms with Gasteiger partial charge in [0.15, 0.2) is 5.96 Å². The fourth-order valence-corrected chi connectivity index (χ4v) is 4.00. The van der Waals surface area contributed by atoms with E-state index in [2.05, 4.69) is 76.5 Å². The number of hydrogen-bond acceptors (Lipinski definition) is 3. The second kappa shape index (κ2) is 12.8. The van der Waals surface area contributed by atoms with E-state index in [1.165, 1.54) is 31.4 Å². The molecule has 2 unspecified atom stereocenters. The lowest BCUT2D eigenvalue weighted by Crippen LogP contribution is -2.51. The van der Waals surface area contributed by atoms with Gasteiger partial charge in [-0.05, 0) is 57.8 Å². The molecule has 2 rings (SSSR count). The second-order valence-corrected chi connectivity index (χ2v) is 7.90. The maximum absolute atomic E-state index is 4.43. The summed E-state index contributed by atoms with van der Waals surface area (Å²) in [5.74, 6) is 0.955. The molecule has 1 aliphatic rings. The summed E-state index contributed by atoms with van der Waals surface area (Å²) in [4.78, 5) is 9.51. The van der Waals surface area contributed by atoms with Crippen LogP contribution in [0.5, 0.6) is 0 Å². The van der Waals surface area contributed by atoms with Gasteiger partial charge in [0, 0.05) is 38.8 Å². The topological polar surface area (TPSA) is 42.9 Å². The molecule has 2 atom stereocenters. The summed E-state index contributed by atoms with van der Waals surface area (Å²) in [5.41, 5.74) is 1.41. The van der Waals surface area contributed by atoms with E-state index in [9.17, 15) is 0 Å². The highest BCUT2D eigenvalue weighted by molar-refractivity contribution is 5.79. The molecule has 1 heterocycles. The van der Waals surface area contributed by atoms with E-state index in [0.717, 1.165) is 45.1 Å². The number of nitrogens with zero attached hydrogens (tertiary/aromatic N) is 3. The van der Waals surface area contributed by atoms with E-state index in [1.54, 1.807) is 0 Å². The van der Waals surface area contributed by atoms with Crippen LogP contribution in [-0.4, -0.2) is 67.6 Å². The third kappa shape index (κ3) is 7.80. The monoisotopic (exact) mass is 387 g/mol. The predicted molar refractivity (Wildman–Crippen MR) is 121 cm³/mol. The molecule has 0 amide bonds. The van der Waals surface area contributed by atoms with Crippen molar-refractivity contribution in [1.82, 2.24) is 20.4 Å². The lowest BCUT2D eigenvalue weighted by Gasteiger charge is -2.38. The van der Waals surface area contributed by atoms with Crippen molar-refractivity contribution in [1.29, 1.82) is 0 Å². The maximum atomic E-state index is 4.43. The van der Waals surface area contributed by atoms with E-state index in [0.29, 0.717) is 12.1 Å². The van der Waals surface area contributed by atoms with Crippen LogP contribution < -0.4 is 10.6 Å². The van der Waals surface area contributed by atoms with Gasteiger partial charge in [-0.3, -0.25) is 9.89 Å². The highest BCUT2D eigenvalue weighted by Gasteiger charge is 2.25. The molecule has 0 radical (unpaired) electrons. The van der Waals surface area contributed by atoms with Gasteiger partial charge in [0.05, 0.1) is 0 Å². The molecule has 0 saturated carbocycles. The number of piperidine rings is 1. The molecule has 5 heteroatoms. The van der Waals surface area contributed by atoms with E-state index >= 15 is 0 Å². The summed E-state index contributed by atoms with van der Waals surface area (Å²) >= 11 is 0. The van der Waals surface area contributed by atoms with Crippen LogP contribution in [0.25, 0.3) is 0 Å². The number of rotatable bonds is 10. The van der Waals surface area contributed by atoms with Crippen LogP contribution in [0.3, 0.4) is 0 Å². The Morgan fingerprint density at radius 2 is 1.93 bits per heavy atom. The van der Waals surface area contributed by atoms with Crippen molar-refractivity contribution >= 4 is 5.96 Å². The fourth-order valence-electron chi connectivity index (χ4n) is 4.00. The summed E-state index contributed by atoms with van der Waals surface area (Å²) in [6.07, 6.45) is 4.75. The summed E-state index contributed by atoms with van der Waals surface area (Å²) in [5, 5.41) is 7.14. The van der Waals surface area contributed by atoms with Gasteiger partial charge in [0.2, 0.25) is 0 Å². The standard InChI is InChI=1S/C23H41N5/c1-5-27(6-2)16-11-10-15-25-23(24-4)26-22-14-17-28(20(3)18-22)19-21-12-8-7-9-13-21/h7-9,12-13,20,22H,5-6,10-11,14-19H2,1-4H3,(H2,24,25,26). The third-order valence-corrected chi connectivity index (χ3v) is 5.89. The van der Waals surface area contributed by atoms with E-state index in [-0.39, 0.29) is 0 Å². The summed E-state index contributed by atoms with van der Waals surface area (Å²) in [6.45, 7) is 13.5. The fraction of sp³-hybridized carbons (Fsp3) is 0.696. The minimum Gasteiger partial charge on any atom is -0.356 e. The minimum atomic E-state index is 0.504. The Hall–Kier alpha value is -1.59. The number of unbranched alkanes of at least 4 members (excludes halogenated alkanes) is 1. The Kier molecular flexibility index (Phi) is 10.4. The number of nitrogens with one attached hydrogen (secondary N) is 2. The molecule has 0 bridgehead atoms. The first kappa shape index (κ1) is 22.7. The van der Waals surface area contributed by atoms with Crippen LogP contribution in [0.15, 0.2) is 35.3 Å². The largest absolute Gasteiger partial charge is 0.356 e. The molecule has 0 aromatic heterocycles. The van der Waals surface area contributed by atoms with Crippen molar-refractivity contribution in [3.63, 3.8) is 0 Å². The lowest BCUT2D eigenvalue weighted by molar-refractivity contribution is 0.134. The molecule has 0 aliphatic carbocycles. The number of guanidine groups is 1. The number of likely N-dealkylation sites (tertiary alicyclic amines) is 1. The van der Waals surface area contributed by atoms with Crippen molar-refractivity contribution in [3.05, 3.63) is 35.9 Å². The van der Waals surface area contributed by atoms with Crippen LogP contribution in [-0.2, 0) is 6.54 Å². The number of hydrogen-bond donors (Lipinski definition) is 2. The van der Waals surface area contributed by atoms with Crippen LogP contribution in [0.2, 0.25) is 0 Å². The van der Waals surface area contributed by atoms with Crippen molar-refractivity contribution in [2.75, 3.05) is 39.8 Å². The first-order chi connectivity index (χ1) is 13.7. The smallest absolute Gasteiger partial charge is 0.191 e. The Balaban J connectivity index is 1.67. The third-order valence-electron chi connectivity index (χ3n) is 5.89. The van der Waals surface area contributed by atoms with E-state index < -0.39 is 0 Å². The van der Waals surface area contributed by atoms with Gasteiger partial charge >= 0.3 is 0 Å². The molecule has 2 N–H and O–H groups in total. The van der Waals surface area contributed by atoms with Gasteiger partial charge in [0.1, 0.15) is 0 Å². The minimum absolute atomic E-state index is 0.504. The van der Waals surface area contributed by atoms with Crippen molar-refractivity contribution < 1.29 is 0 Å². The molecular formula is C23H41N5. The predicted octanol–water partition coefficient (Wildman–Crippen LogP) is 3.33. The second-order valence-electron chi connectivity index (χ2n) is 7.90. The number of benzene rings is 1. The first-order valence-corrected chi connectivity index (χ1v) is 11.1. The zero-order valence-electron chi connectivity index (χ0n) is 18.5. The molecule has 1 aromatic carbocycles. The number of aliphatic imine (C=N–C) groups is 1. The Labute approximate surface area is 172 Å². The van der Waals surface area contributed by atoms with Gasteiger partial charge in [-0.2, -0.15) is 0 Å². The zero-order valence-corrected chi connectivity index (χ0v) is 18.5. The van der Waals surface area contributed by atoms with Crippen molar-refractivity contribution in [2.45, 2.75) is 65.1 Å². The van der Waals surface area contributed by atoms with Gasteiger partial charge in [-0.15, -0.1) is 0 Å². The molecule has 1 aromatic rings. The molecule has 1 aliphatic heterocycles. The zero-order chi connectivity index (χ0) is 20.2. The average molecular weight is 388 g/mol. The molecule has 5 nitrogen and oxygen atoms in total. The molecule has 1 saturated heterocycles. The summed E-state index contributed by atoms with van der Waals surface area (Å²) in [7, 11) is 1.87. The van der Waals surface area contributed by atoms with Crippen LogP contribution in [0, 0.1) is 0 Å². The van der Waals surface area contributed by atoms with Crippen LogP contribution in [0.4, 0.5) is 0 Å². The molecule has 28 heavy (non-hydrogen) atoms. The highest BCUT2D eigenvalue weighted by atomic mass is 15.2. The quantitative estimate of drug-likeness (QED) is 0.367. The SMILES string of the molecule is CCN(CC)CCCCNC(=NC)NC1CCN(Cc2ccccc2)C(C)C1. The molecular weight excluding hydrogens is 346 g/mol. The lowest BCUT2D eigenvalue weighted by atomic mass is 9.97.